The highest BCUT2D eigenvalue weighted by atomic mass is 31.2. The Morgan fingerprint density at radius 3 is 1.67 bits per heavy atom. The Morgan fingerprint density at radius 1 is 0.667 bits per heavy atom. The lowest BCUT2D eigenvalue weighted by atomic mass is 10.1. The zero-order valence-electron chi connectivity index (χ0n) is 19.7. The molecule has 4 aromatic carbocycles. The first-order chi connectivity index (χ1) is 17.7. The molecule has 1 atom stereocenters. The maximum absolute atomic E-state index is 15.5. The fraction of sp³-hybridized carbons (Fsp3) is 0.0645. The molecule has 36 heavy (non-hydrogen) atoms. The van der Waals surface area contributed by atoms with Gasteiger partial charge in [0.15, 0.2) is 12.9 Å². The van der Waals surface area contributed by atoms with Crippen LogP contribution in [0.4, 0.5) is 0 Å². The van der Waals surface area contributed by atoms with E-state index in [0.29, 0.717) is 21.9 Å². The standard InChI is InChI=1S/C31H26NO3P/c33-30(26-16-7-2-8-17-26)32(24-25-14-5-1-6-15-25)31(29-22-13-23-35-29)36(34,27-18-9-3-10-19-27)28-20-11-4-12-21-28/h1-23,31H,24H2. The zero-order valence-corrected chi connectivity index (χ0v) is 20.6. The lowest BCUT2D eigenvalue weighted by Gasteiger charge is -2.37. The van der Waals surface area contributed by atoms with Crippen molar-refractivity contribution < 1.29 is 13.8 Å². The molecule has 5 rings (SSSR count). The van der Waals surface area contributed by atoms with Crippen LogP contribution in [0.2, 0.25) is 0 Å². The number of carbonyl (C=O) groups excluding carboxylic acids is 1. The number of rotatable bonds is 8. The predicted molar refractivity (Wildman–Crippen MR) is 144 cm³/mol. The summed E-state index contributed by atoms with van der Waals surface area (Å²) in [7, 11) is -3.48. The van der Waals surface area contributed by atoms with Gasteiger partial charge in [-0.15, -0.1) is 0 Å². The third-order valence-electron chi connectivity index (χ3n) is 6.19. The molecule has 1 unspecified atom stereocenters. The highest BCUT2D eigenvalue weighted by molar-refractivity contribution is 7.79. The minimum atomic E-state index is -3.48. The van der Waals surface area contributed by atoms with E-state index in [2.05, 4.69) is 0 Å². The largest absolute Gasteiger partial charge is 0.467 e. The predicted octanol–water partition coefficient (Wildman–Crippen LogP) is 6.63. The van der Waals surface area contributed by atoms with Gasteiger partial charge >= 0.3 is 0 Å². The van der Waals surface area contributed by atoms with Crippen molar-refractivity contribution in [2.24, 2.45) is 0 Å². The van der Waals surface area contributed by atoms with E-state index in [0.717, 1.165) is 5.56 Å². The van der Waals surface area contributed by atoms with Crippen molar-refractivity contribution >= 4 is 23.7 Å². The summed E-state index contributed by atoms with van der Waals surface area (Å²) in [5.41, 5.74) is 1.46. The quantitative estimate of drug-likeness (QED) is 0.229. The molecule has 4 nitrogen and oxygen atoms in total. The molecule has 0 bridgehead atoms. The molecule has 178 valence electrons. The third-order valence-corrected chi connectivity index (χ3v) is 9.55. The van der Waals surface area contributed by atoms with Gasteiger partial charge in [-0.25, -0.2) is 0 Å². The van der Waals surface area contributed by atoms with Gasteiger partial charge in [0.05, 0.1) is 6.26 Å². The summed E-state index contributed by atoms with van der Waals surface area (Å²) in [5.74, 6) is -0.593. The van der Waals surface area contributed by atoms with Gasteiger partial charge in [0, 0.05) is 22.7 Å². The molecule has 0 saturated carbocycles. The first-order valence-electron chi connectivity index (χ1n) is 11.8. The summed E-state index contributed by atoms with van der Waals surface area (Å²) in [5, 5.41) is 1.33. The monoisotopic (exact) mass is 491 g/mol. The molecule has 0 spiro atoms. The van der Waals surface area contributed by atoms with E-state index < -0.39 is 12.9 Å². The number of carbonyl (C=O) groups is 1. The fourth-order valence-electron chi connectivity index (χ4n) is 4.49. The van der Waals surface area contributed by atoms with Crippen LogP contribution in [0.1, 0.15) is 27.5 Å². The van der Waals surface area contributed by atoms with E-state index in [-0.39, 0.29) is 12.5 Å². The second kappa shape index (κ2) is 10.6. The van der Waals surface area contributed by atoms with E-state index in [1.54, 1.807) is 35.4 Å². The number of furan rings is 1. The van der Waals surface area contributed by atoms with Gasteiger partial charge in [-0.2, -0.15) is 0 Å². The van der Waals surface area contributed by atoms with Crippen molar-refractivity contribution in [2.75, 3.05) is 0 Å². The van der Waals surface area contributed by atoms with Crippen molar-refractivity contribution in [3.63, 3.8) is 0 Å². The molecule has 1 aromatic heterocycles. The van der Waals surface area contributed by atoms with Crippen LogP contribution in [0.5, 0.6) is 0 Å². The Labute approximate surface area is 211 Å². The van der Waals surface area contributed by atoms with Crippen LogP contribution in [0.15, 0.2) is 144 Å². The second-order valence-corrected chi connectivity index (χ2v) is 11.3. The molecule has 1 heterocycles. The molecule has 0 N–H and O–H groups in total. The summed E-state index contributed by atoms with van der Waals surface area (Å²) < 4.78 is 21.5. The van der Waals surface area contributed by atoms with Gasteiger partial charge in [-0.1, -0.05) is 109 Å². The van der Waals surface area contributed by atoms with E-state index >= 15 is 4.57 Å². The van der Waals surface area contributed by atoms with E-state index in [9.17, 15) is 4.79 Å². The minimum Gasteiger partial charge on any atom is -0.467 e. The Balaban J connectivity index is 1.76. The van der Waals surface area contributed by atoms with Crippen molar-refractivity contribution in [1.29, 1.82) is 0 Å². The average Bonchev–Trinajstić information content (AvgIpc) is 3.48. The molecule has 0 fully saturated rings. The average molecular weight is 492 g/mol. The molecule has 0 aliphatic rings. The molecule has 1 amide bonds. The summed E-state index contributed by atoms with van der Waals surface area (Å²) in [4.78, 5) is 15.9. The van der Waals surface area contributed by atoms with Crippen LogP contribution < -0.4 is 10.6 Å². The van der Waals surface area contributed by atoms with Crippen molar-refractivity contribution in [3.8, 4) is 0 Å². The maximum Gasteiger partial charge on any atom is 0.255 e. The SMILES string of the molecule is O=C(c1ccccc1)N(Cc1ccccc1)C(c1ccco1)P(=O)(c1ccccc1)c1ccccc1. The molecular weight excluding hydrogens is 465 g/mol. The number of benzene rings is 4. The highest BCUT2D eigenvalue weighted by Gasteiger charge is 2.45. The van der Waals surface area contributed by atoms with Gasteiger partial charge < -0.3 is 13.9 Å². The topological polar surface area (TPSA) is 50.5 Å². The summed E-state index contributed by atoms with van der Waals surface area (Å²) in [6, 6.07) is 41.3. The second-order valence-electron chi connectivity index (χ2n) is 8.50. The summed E-state index contributed by atoms with van der Waals surface area (Å²) in [6.07, 6.45) is 1.57. The molecular formula is C31H26NO3P. The van der Waals surface area contributed by atoms with Crippen LogP contribution in [-0.2, 0) is 11.1 Å². The number of hydrogen-bond acceptors (Lipinski definition) is 3. The molecule has 0 radical (unpaired) electrons. The van der Waals surface area contributed by atoms with Crippen LogP contribution in [0.25, 0.3) is 0 Å². The Kier molecular flexibility index (Phi) is 6.97. The zero-order chi connectivity index (χ0) is 24.8. The summed E-state index contributed by atoms with van der Waals surface area (Å²) >= 11 is 0. The van der Waals surface area contributed by atoms with Gasteiger partial charge in [0.2, 0.25) is 0 Å². The van der Waals surface area contributed by atoms with Crippen LogP contribution in [0.3, 0.4) is 0 Å². The minimum absolute atomic E-state index is 0.215. The number of amides is 1. The molecule has 5 heteroatoms. The van der Waals surface area contributed by atoms with Crippen LogP contribution >= 0.6 is 7.14 Å². The van der Waals surface area contributed by atoms with Crippen molar-refractivity contribution in [1.82, 2.24) is 4.90 Å². The maximum atomic E-state index is 15.5. The Bertz CT molecular complexity index is 1390. The van der Waals surface area contributed by atoms with Crippen LogP contribution in [0, 0.1) is 0 Å². The van der Waals surface area contributed by atoms with E-state index in [1.807, 2.05) is 109 Å². The first kappa shape index (κ1) is 23.6. The lowest BCUT2D eigenvalue weighted by molar-refractivity contribution is 0.0702. The molecule has 0 saturated heterocycles. The normalized spacial score (nSPS) is 12.1. The van der Waals surface area contributed by atoms with Crippen molar-refractivity contribution in [3.05, 3.63) is 157 Å². The molecule has 0 aliphatic carbocycles. The van der Waals surface area contributed by atoms with Gasteiger partial charge in [0.25, 0.3) is 5.91 Å². The fourth-order valence-corrected chi connectivity index (χ4v) is 7.67. The Hall–Kier alpha value is -4.14. The van der Waals surface area contributed by atoms with E-state index in [1.165, 1.54) is 0 Å². The van der Waals surface area contributed by atoms with Gasteiger partial charge in [0.1, 0.15) is 5.76 Å². The van der Waals surface area contributed by atoms with Crippen molar-refractivity contribution in [2.45, 2.75) is 12.3 Å². The number of hydrogen-bond donors (Lipinski definition) is 0. The first-order valence-corrected chi connectivity index (χ1v) is 13.6. The smallest absolute Gasteiger partial charge is 0.255 e. The van der Waals surface area contributed by atoms with Crippen LogP contribution in [-0.4, -0.2) is 10.8 Å². The summed E-state index contributed by atoms with van der Waals surface area (Å²) in [6.45, 7) is 0.267. The van der Waals surface area contributed by atoms with E-state index in [4.69, 9.17) is 4.42 Å². The third kappa shape index (κ3) is 4.68. The van der Waals surface area contributed by atoms with Gasteiger partial charge in [-0.05, 0) is 29.8 Å². The highest BCUT2D eigenvalue weighted by Crippen LogP contribution is 2.59. The Morgan fingerprint density at radius 2 is 1.17 bits per heavy atom. The van der Waals surface area contributed by atoms with Gasteiger partial charge in [-0.3, -0.25) is 4.79 Å². The number of nitrogens with zero attached hydrogens (tertiary/aromatic N) is 1. The lowest BCUT2D eigenvalue weighted by Crippen LogP contribution is -2.38. The molecule has 5 aromatic rings. The molecule has 0 aliphatic heterocycles.